The number of rotatable bonds is 2. The van der Waals surface area contributed by atoms with Crippen LogP contribution in [0.2, 0.25) is 0 Å². The van der Waals surface area contributed by atoms with Gasteiger partial charge < -0.3 is 9.84 Å². The largest absolute Gasteiger partial charge is 0.480 e. The molecule has 17 heavy (non-hydrogen) atoms. The highest BCUT2D eigenvalue weighted by Crippen LogP contribution is 2.32. The van der Waals surface area contributed by atoms with Gasteiger partial charge in [0.15, 0.2) is 5.41 Å². The van der Waals surface area contributed by atoms with Crippen LogP contribution in [0.1, 0.15) is 5.69 Å². The lowest BCUT2D eigenvalue weighted by Gasteiger charge is -2.36. The van der Waals surface area contributed by atoms with E-state index in [1.165, 1.54) is 0 Å². The molecule has 1 aliphatic heterocycles. The first-order valence-corrected chi connectivity index (χ1v) is 5.26. The lowest BCUT2D eigenvalue weighted by molar-refractivity contribution is -0.163. The standard InChI is InChI=1S/C12H10N2O3/c15-11(16)12(6-17-7-12)10-5-8-3-1-2-4-9(8)13-14-10/h1-5H,6-7H2,(H,15,16). The highest BCUT2D eigenvalue weighted by Gasteiger charge is 2.49. The average Bonchev–Trinajstić information content (AvgIpc) is 2.27. The van der Waals surface area contributed by atoms with Gasteiger partial charge in [-0.3, -0.25) is 4.79 Å². The summed E-state index contributed by atoms with van der Waals surface area (Å²) in [6.45, 7) is 0.324. The summed E-state index contributed by atoms with van der Waals surface area (Å²) in [5.74, 6) is -0.909. The van der Waals surface area contributed by atoms with Crippen molar-refractivity contribution in [1.82, 2.24) is 10.2 Å². The van der Waals surface area contributed by atoms with Crippen LogP contribution < -0.4 is 0 Å². The molecule has 1 saturated heterocycles. The van der Waals surface area contributed by atoms with Crippen LogP contribution in [0.25, 0.3) is 10.9 Å². The summed E-state index contributed by atoms with van der Waals surface area (Å²) in [7, 11) is 0. The number of hydrogen-bond acceptors (Lipinski definition) is 4. The Morgan fingerprint density at radius 2 is 2.06 bits per heavy atom. The summed E-state index contributed by atoms with van der Waals surface area (Å²) in [6.07, 6.45) is 0. The molecule has 2 aromatic rings. The van der Waals surface area contributed by atoms with Gasteiger partial charge in [-0.05, 0) is 12.1 Å². The van der Waals surface area contributed by atoms with E-state index in [-0.39, 0.29) is 13.2 Å². The number of aliphatic carboxylic acids is 1. The Morgan fingerprint density at radius 3 is 2.71 bits per heavy atom. The topological polar surface area (TPSA) is 72.3 Å². The van der Waals surface area contributed by atoms with Crippen LogP contribution >= 0.6 is 0 Å². The van der Waals surface area contributed by atoms with Gasteiger partial charge in [0.05, 0.1) is 24.4 Å². The molecule has 0 bridgehead atoms. The number of fused-ring (bicyclic) bond motifs is 1. The van der Waals surface area contributed by atoms with Crippen molar-refractivity contribution < 1.29 is 14.6 Å². The highest BCUT2D eigenvalue weighted by atomic mass is 16.5. The molecule has 2 heterocycles. The summed E-state index contributed by atoms with van der Waals surface area (Å²) in [4.78, 5) is 11.3. The molecule has 1 aliphatic rings. The molecular weight excluding hydrogens is 220 g/mol. The zero-order valence-electron chi connectivity index (χ0n) is 8.96. The van der Waals surface area contributed by atoms with Gasteiger partial charge in [-0.2, -0.15) is 10.2 Å². The molecule has 1 aromatic carbocycles. The Kier molecular flexibility index (Phi) is 2.09. The van der Waals surface area contributed by atoms with Crippen LogP contribution in [0.15, 0.2) is 30.3 Å². The van der Waals surface area contributed by atoms with Crippen molar-refractivity contribution in [3.63, 3.8) is 0 Å². The van der Waals surface area contributed by atoms with Crippen molar-refractivity contribution in [3.8, 4) is 0 Å². The molecule has 0 amide bonds. The monoisotopic (exact) mass is 230 g/mol. The number of carboxylic acid groups (broad SMARTS) is 1. The summed E-state index contributed by atoms with van der Waals surface area (Å²) >= 11 is 0. The summed E-state index contributed by atoms with van der Waals surface area (Å²) < 4.78 is 5.02. The van der Waals surface area contributed by atoms with E-state index >= 15 is 0 Å². The van der Waals surface area contributed by atoms with Gasteiger partial charge in [-0.25, -0.2) is 0 Å². The Bertz CT molecular complexity index is 593. The molecule has 5 heteroatoms. The smallest absolute Gasteiger partial charge is 0.320 e. The number of ether oxygens (including phenoxy) is 1. The van der Waals surface area contributed by atoms with Crippen molar-refractivity contribution in [2.75, 3.05) is 13.2 Å². The van der Waals surface area contributed by atoms with E-state index in [9.17, 15) is 9.90 Å². The maximum absolute atomic E-state index is 11.3. The predicted octanol–water partition coefficient (Wildman–Crippen LogP) is 0.982. The number of nitrogens with zero attached hydrogens (tertiary/aromatic N) is 2. The Balaban J connectivity index is 2.14. The van der Waals surface area contributed by atoms with E-state index in [2.05, 4.69) is 10.2 Å². The summed E-state index contributed by atoms with van der Waals surface area (Å²) in [5, 5.41) is 18.2. The molecular formula is C12H10N2O3. The average molecular weight is 230 g/mol. The Morgan fingerprint density at radius 1 is 1.29 bits per heavy atom. The first kappa shape index (κ1) is 10.2. The molecule has 86 valence electrons. The maximum Gasteiger partial charge on any atom is 0.320 e. The van der Waals surface area contributed by atoms with Crippen LogP contribution in [0.5, 0.6) is 0 Å². The molecule has 0 atom stereocenters. The van der Waals surface area contributed by atoms with Crippen molar-refractivity contribution >= 4 is 16.9 Å². The molecule has 0 saturated carbocycles. The van der Waals surface area contributed by atoms with Gasteiger partial charge in [-0.1, -0.05) is 18.2 Å². The SMILES string of the molecule is O=C(O)C1(c2cc3ccccc3nn2)COC1. The van der Waals surface area contributed by atoms with Crippen LogP contribution in [0.3, 0.4) is 0 Å². The zero-order chi connectivity index (χ0) is 11.9. The van der Waals surface area contributed by atoms with Gasteiger partial charge in [-0.15, -0.1) is 0 Å². The van der Waals surface area contributed by atoms with E-state index in [0.29, 0.717) is 5.69 Å². The van der Waals surface area contributed by atoms with E-state index in [1.807, 2.05) is 24.3 Å². The van der Waals surface area contributed by atoms with Crippen molar-refractivity contribution in [2.45, 2.75) is 5.41 Å². The van der Waals surface area contributed by atoms with Gasteiger partial charge in [0.25, 0.3) is 0 Å². The minimum atomic E-state index is -1.02. The molecule has 0 spiro atoms. The molecule has 0 radical (unpaired) electrons. The maximum atomic E-state index is 11.3. The summed E-state index contributed by atoms with van der Waals surface area (Å²) in [6, 6.07) is 9.27. The molecule has 1 fully saturated rings. The molecule has 1 N–H and O–H groups in total. The summed E-state index contributed by atoms with van der Waals surface area (Å²) in [5.41, 5.74) is 0.212. The second kappa shape index (κ2) is 3.49. The third-order valence-corrected chi connectivity index (χ3v) is 3.09. The Hall–Kier alpha value is -2.01. The van der Waals surface area contributed by atoms with Crippen molar-refractivity contribution in [2.24, 2.45) is 0 Å². The van der Waals surface area contributed by atoms with Crippen LogP contribution in [-0.4, -0.2) is 34.5 Å². The molecule has 3 rings (SSSR count). The number of carboxylic acids is 1. The van der Waals surface area contributed by atoms with Crippen molar-refractivity contribution in [1.29, 1.82) is 0 Å². The molecule has 0 unspecified atom stereocenters. The minimum Gasteiger partial charge on any atom is -0.480 e. The number of aromatic nitrogens is 2. The molecule has 0 aliphatic carbocycles. The zero-order valence-corrected chi connectivity index (χ0v) is 8.96. The second-order valence-corrected chi connectivity index (χ2v) is 4.17. The number of carbonyl (C=O) groups is 1. The fourth-order valence-electron chi connectivity index (χ4n) is 1.91. The fraction of sp³-hybridized carbons (Fsp3) is 0.250. The third kappa shape index (κ3) is 1.39. The molecule has 1 aromatic heterocycles. The van der Waals surface area contributed by atoms with Gasteiger partial charge in [0.1, 0.15) is 0 Å². The van der Waals surface area contributed by atoms with E-state index in [0.717, 1.165) is 10.9 Å². The van der Waals surface area contributed by atoms with Crippen LogP contribution in [0, 0.1) is 0 Å². The first-order valence-electron chi connectivity index (χ1n) is 5.26. The lowest BCUT2D eigenvalue weighted by atomic mass is 9.82. The van der Waals surface area contributed by atoms with Crippen LogP contribution in [0.4, 0.5) is 0 Å². The van der Waals surface area contributed by atoms with E-state index < -0.39 is 11.4 Å². The minimum absolute atomic E-state index is 0.162. The van der Waals surface area contributed by atoms with Gasteiger partial charge >= 0.3 is 5.97 Å². The number of benzene rings is 1. The van der Waals surface area contributed by atoms with E-state index in [4.69, 9.17) is 4.74 Å². The van der Waals surface area contributed by atoms with E-state index in [1.54, 1.807) is 6.07 Å². The normalized spacial score (nSPS) is 17.6. The quantitative estimate of drug-likeness (QED) is 0.832. The van der Waals surface area contributed by atoms with Gasteiger partial charge in [0, 0.05) is 5.39 Å². The van der Waals surface area contributed by atoms with Crippen LogP contribution in [-0.2, 0) is 14.9 Å². The fourth-order valence-corrected chi connectivity index (χ4v) is 1.91. The first-order chi connectivity index (χ1) is 8.22. The third-order valence-electron chi connectivity index (χ3n) is 3.09. The van der Waals surface area contributed by atoms with Gasteiger partial charge in [0.2, 0.25) is 0 Å². The van der Waals surface area contributed by atoms with Crippen molar-refractivity contribution in [3.05, 3.63) is 36.0 Å². The number of hydrogen-bond donors (Lipinski definition) is 1. The predicted molar refractivity (Wildman–Crippen MR) is 59.7 cm³/mol. The highest BCUT2D eigenvalue weighted by molar-refractivity contribution is 5.85. The lowest BCUT2D eigenvalue weighted by Crippen LogP contribution is -2.53. The molecule has 5 nitrogen and oxygen atoms in total. The second-order valence-electron chi connectivity index (χ2n) is 4.17. The Labute approximate surface area is 97.0 Å².